The number of hydrogen-bond donors (Lipinski definition) is 2. The highest BCUT2D eigenvalue weighted by atomic mass is 32.1. The molecule has 0 bridgehead atoms. The van der Waals surface area contributed by atoms with Crippen LogP contribution in [-0.2, 0) is 6.42 Å². The van der Waals surface area contributed by atoms with Crippen molar-refractivity contribution in [3.63, 3.8) is 0 Å². The molecule has 0 atom stereocenters. The van der Waals surface area contributed by atoms with Gasteiger partial charge in [-0.3, -0.25) is 4.79 Å². The molecule has 3 N–H and O–H groups in total. The van der Waals surface area contributed by atoms with Gasteiger partial charge in [-0.15, -0.1) is 0 Å². The van der Waals surface area contributed by atoms with Crippen molar-refractivity contribution in [2.75, 3.05) is 5.32 Å². The Bertz CT molecular complexity index is 687. The van der Waals surface area contributed by atoms with Gasteiger partial charge in [-0.1, -0.05) is 24.4 Å². The van der Waals surface area contributed by atoms with Crippen molar-refractivity contribution in [3.05, 3.63) is 52.5 Å². The summed E-state index contributed by atoms with van der Waals surface area (Å²) in [6.07, 6.45) is 0.558. The highest BCUT2D eigenvalue weighted by molar-refractivity contribution is 7.80. The highest BCUT2D eigenvalue weighted by Crippen LogP contribution is 2.22. The van der Waals surface area contributed by atoms with Crippen molar-refractivity contribution in [1.29, 1.82) is 0 Å². The Morgan fingerprint density at radius 3 is 2.29 bits per heavy atom. The molecule has 5 heteroatoms. The number of aryl methyl sites for hydroxylation is 2. The topological polar surface area (TPSA) is 68.3 Å². The van der Waals surface area contributed by atoms with E-state index in [0.717, 1.165) is 22.6 Å². The van der Waals surface area contributed by atoms with Gasteiger partial charge in [0.15, 0.2) is 0 Å². The third-order valence-corrected chi connectivity index (χ3v) is 3.52. The van der Waals surface area contributed by atoms with E-state index < -0.39 is 0 Å². The van der Waals surface area contributed by atoms with E-state index >= 15 is 0 Å². The van der Waals surface area contributed by atoms with Crippen LogP contribution in [0.15, 0.2) is 28.7 Å². The van der Waals surface area contributed by atoms with Gasteiger partial charge in [0, 0.05) is 17.7 Å². The summed E-state index contributed by atoms with van der Waals surface area (Å²) < 4.78 is 5.48. The van der Waals surface area contributed by atoms with E-state index in [1.165, 1.54) is 0 Å². The highest BCUT2D eigenvalue weighted by Gasteiger charge is 2.18. The van der Waals surface area contributed by atoms with E-state index in [1.807, 2.05) is 38.1 Å². The second-order valence-corrected chi connectivity index (χ2v) is 5.53. The quantitative estimate of drug-likeness (QED) is 0.850. The molecule has 1 heterocycles. The van der Waals surface area contributed by atoms with E-state index in [1.54, 1.807) is 6.92 Å². The van der Waals surface area contributed by atoms with Crippen molar-refractivity contribution in [2.24, 2.45) is 5.73 Å². The van der Waals surface area contributed by atoms with Crippen LogP contribution >= 0.6 is 12.2 Å². The zero-order chi connectivity index (χ0) is 15.6. The summed E-state index contributed by atoms with van der Waals surface area (Å²) in [6.45, 7) is 5.52. The molecule has 0 aliphatic carbocycles. The number of carbonyl (C=O) groups is 1. The fraction of sp³-hybridized carbons (Fsp3) is 0.250. The number of rotatable bonds is 4. The number of thiocarbonyl (C=S) groups is 1. The maximum Gasteiger partial charge on any atom is 0.259 e. The summed E-state index contributed by atoms with van der Waals surface area (Å²) in [5.74, 6) is 1.24. The van der Waals surface area contributed by atoms with Crippen LogP contribution in [0.3, 0.4) is 0 Å². The van der Waals surface area contributed by atoms with Gasteiger partial charge < -0.3 is 15.5 Å². The number of carbonyl (C=O) groups excluding carboxylic acids is 1. The third-order valence-electron chi connectivity index (χ3n) is 3.38. The Morgan fingerprint density at radius 1 is 1.19 bits per heavy atom. The van der Waals surface area contributed by atoms with Crippen LogP contribution in [0.5, 0.6) is 0 Å². The average molecular weight is 302 g/mol. The second kappa shape index (κ2) is 6.10. The first-order chi connectivity index (χ1) is 9.88. The van der Waals surface area contributed by atoms with Gasteiger partial charge in [0.05, 0.1) is 10.6 Å². The molecule has 0 aliphatic rings. The number of furan rings is 1. The second-order valence-electron chi connectivity index (χ2n) is 5.01. The minimum atomic E-state index is -0.163. The Morgan fingerprint density at radius 2 is 1.81 bits per heavy atom. The predicted octanol–water partition coefficient (Wildman–Crippen LogP) is 3.29. The molecule has 0 saturated heterocycles. The summed E-state index contributed by atoms with van der Waals surface area (Å²) in [5, 5.41) is 2.87. The molecule has 0 saturated carbocycles. The van der Waals surface area contributed by atoms with E-state index in [-0.39, 0.29) is 5.91 Å². The molecule has 21 heavy (non-hydrogen) atoms. The Kier molecular flexibility index (Phi) is 4.43. The van der Waals surface area contributed by atoms with Crippen molar-refractivity contribution in [2.45, 2.75) is 27.2 Å². The normalized spacial score (nSPS) is 10.4. The fourth-order valence-corrected chi connectivity index (χ4v) is 2.39. The summed E-state index contributed by atoms with van der Waals surface area (Å²) >= 11 is 4.87. The standard InChI is InChI=1S/C16H18N2O2S/c1-9-10(2)20-11(3)15(9)16(19)18-13-6-4-12(5-7-13)8-14(17)21/h4-7H,8H2,1-3H3,(H2,17,21)(H,18,19). The lowest BCUT2D eigenvalue weighted by Gasteiger charge is -2.06. The molecule has 0 spiro atoms. The number of benzene rings is 1. The zero-order valence-electron chi connectivity index (χ0n) is 12.3. The monoisotopic (exact) mass is 302 g/mol. The summed E-state index contributed by atoms with van der Waals surface area (Å²) in [4.78, 5) is 12.8. The lowest BCUT2D eigenvalue weighted by atomic mass is 10.1. The van der Waals surface area contributed by atoms with Gasteiger partial charge in [0.25, 0.3) is 5.91 Å². The van der Waals surface area contributed by atoms with E-state index in [9.17, 15) is 4.79 Å². The van der Waals surface area contributed by atoms with Crippen LogP contribution in [0.2, 0.25) is 0 Å². The van der Waals surface area contributed by atoms with Gasteiger partial charge >= 0.3 is 0 Å². The molecule has 4 nitrogen and oxygen atoms in total. The molecule has 0 unspecified atom stereocenters. The molecule has 2 rings (SSSR count). The molecule has 1 amide bonds. The van der Waals surface area contributed by atoms with Crippen LogP contribution in [-0.4, -0.2) is 10.9 Å². The Labute approximate surface area is 129 Å². The molecule has 2 aromatic rings. The molecular formula is C16H18N2O2S. The first-order valence-corrected chi connectivity index (χ1v) is 7.04. The molecule has 0 radical (unpaired) electrons. The lowest BCUT2D eigenvalue weighted by molar-refractivity contribution is 0.102. The van der Waals surface area contributed by atoms with E-state index in [0.29, 0.717) is 22.7 Å². The number of nitrogens with two attached hydrogens (primary N) is 1. The van der Waals surface area contributed by atoms with Gasteiger partial charge in [-0.05, 0) is 38.5 Å². The summed E-state index contributed by atoms with van der Waals surface area (Å²) in [5.41, 5.74) is 8.72. The van der Waals surface area contributed by atoms with E-state index in [2.05, 4.69) is 5.32 Å². The van der Waals surface area contributed by atoms with Crippen molar-refractivity contribution >= 4 is 28.8 Å². The molecule has 110 valence electrons. The minimum Gasteiger partial charge on any atom is -0.466 e. The van der Waals surface area contributed by atoms with Crippen LogP contribution in [0.4, 0.5) is 5.69 Å². The number of amides is 1. The average Bonchev–Trinajstić information content (AvgIpc) is 2.65. The molecule has 0 fully saturated rings. The van der Waals surface area contributed by atoms with Gasteiger partial charge in [0.2, 0.25) is 0 Å². The maximum absolute atomic E-state index is 12.3. The number of anilines is 1. The van der Waals surface area contributed by atoms with Gasteiger partial charge in [-0.25, -0.2) is 0 Å². The SMILES string of the molecule is Cc1oc(C)c(C(=O)Nc2ccc(CC(N)=S)cc2)c1C. The molecule has 1 aromatic carbocycles. The van der Waals surface area contributed by atoms with Crippen LogP contribution < -0.4 is 11.1 Å². The van der Waals surface area contributed by atoms with Gasteiger partial charge in [0.1, 0.15) is 11.5 Å². The van der Waals surface area contributed by atoms with Crippen molar-refractivity contribution < 1.29 is 9.21 Å². The Balaban J connectivity index is 2.14. The van der Waals surface area contributed by atoms with Crippen LogP contribution in [0.1, 0.15) is 33.0 Å². The number of hydrogen-bond acceptors (Lipinski definition) is 3. The summed E-state index contributed by atoms with van der Waals surface area (Å²) in [6, 6.07) is 7.47. The number of nitrogens with one attached hydrogen (secondary N) is 1. The van der Waals surface area contributed by atoms with Crippen molar-refractivity contribution in [1.82, 2.24) is 0 Å². The first kappa shape index (κ1) is 15.3. The molecular weight excluding hydrogens is 284 g/mol. The molecule has 1 aromatic heterocycles. The zero-order valence-corrected chi connectivity index (χ0v) is 13.1. The predicted molar refractivity (Wildman–Crippen MR) is 87.8 cm³/mol. The maximum atomic E-state index is 12.3. The van der Waals surface area contributed by atoms with Crippen LogP contribution in [0, 0.1) is 20.8 Å². The Hall–Kier alpha value is -2.14. The molecule has 0 aliphatic heterocycles. The minimum absolute atomic E-state index is 0.163. The summed E-state index contributed by atoms with van der Waals surface area (Å²) in [7, 11) is 0. The lowest BCUT2D eigenvalue weighted by Crippen LogP contribution is -2.14. The fourth-order valence-electron chi connectivity index (χ4n) is 2.23. The van der Waals surface area contributed by atoms with E-state index in [4.69, 9.17) is 22.4 Å². The third kappa shape index (κ3) is 3.49. The van der Waals surface area contributed by atoms with Crippen LogP contribution in [0.25, 0.3) is 0 Å². The van der Waals surface area contributed by atoms with Gasteiger partial charge in [-0.2, -0.15) is 0 Å². The first-order valence-electron chi connectivity index (χ1n) is 6.63. The largest absolute Gasteiger partial charge is 0.466 e. The smallest absolute Gasteiger partial charge is 0.259 e. The van der Waals surface area contributed by atoms with Crippen molar-refractivity contribution in [3.8, 4) is 0 Å².